The highest BCUT2D eigenvalue weighted by Gasteiger charge is 2.38. The highest BCUT2D eigenvalue weighted by Crippen LogP contribution is 2.28. The summed E-state index contributed by atoms with van der Waals surface area (Å²) in [6, 6.07) is 0. The largest absolute Gasteiger partial charge is 0.394 e. The summed E-state index contributed by atoms with van der Waals surface area (Å²) in [4.78, 5) is 0. The van der Waals surface area contributed by atoms with Crippen LogP contribution in [-0.2, 0) is 4.74 Å². The van der Waals surface area contributed by atoms with E-state index in [-0.39, 0.29) is 13.0 Å². The molecular weight excluding hydrogens is 229 g/mol. The molecule has 17 heavy (non-hydrogen) atoms. The monoisotopic (exact) mass is 254 g/mol. The number of alkyl halides is 3. The van der Waals surface area contributed by atoms with Crippen LogP contribution < -0.4 is 0 Å². The first-order valence-corrected chi connectivity index (χ1v) is 6.66. The summed E-state index contributed by atoms with van der Waals surface area (Å²) in [5.41, 5.74) is 0. The first-order valence-electron chi connectivity index (χ1n) is 6.66. The smallest absolute Gasteiger partial charge is 0.381 e. The maximum Gasteiger partial charge on any atom is 0.394 e. The van der Waals surface area contributed by atoms with Crippen molar-refractivity contribution in [2.75, 3.05) is 13.2 Å². The summed E-state index contributed by atoms with van der Waals surface area (Å²) in [5, 5.41) is 0. The van der Waals surface area contributed by atoms with Crippen LogP contribution >= 0.6 is 0 Å². The van der Waals surface area contributed by atoms with E-state index in [4.69, 9.17) is 4.74 Å². The van der Waals surface area contributed by atoms with Gasteiger partial charge in [0.2, 0.25) is 0 Å². The van der Waals surface area contributed by atoms with E-state index in [0.29, 0.717) is 6.61 Å². The minimum atomic E-state index is -4.12. The van der Waals surface area contributed by atoms with Gasteiger partial charge in [0.05, 0.1) is 12.5 Å². The third kappa shape index (κ3) is 9.45. The number of unbranched alkanes of at least 4 members (excludes halogenated alkanes) is 5. The van der Waals surface area contributed by atoms with Gasteiger partial charge in [0.25, 0.3) is 0 Å². The van der Waals surface area contributed by atoms with Crippen molar-refractivity contribution < 1.29 is 17.9 Å². The van der Waals surface area contributed by atoms with Crippen molar-refractivity contribution in [1.29, 1.82) is 0 Å². The Kier molecular flexibility index (Phi) is 9.60. The second-order valence-electron chi connectivity index (χ2n) is 4.49. The number of rotatable bonds is 10. The van der Waals surface area contributed by atoms with Crippen molar-refractivity contribution in [3.63, 3.8) is 0 Å². The molecule has 0 aliphatic heterocycles. The minimum absolute atomic E-state index is 0.0972. The van der Waals surface area contributed by atoms with Gasteiger partial charge in [-0.05, 0) is 12.8 Å². The van der Waals surface area contributed by atoms with Crippen LogP contribution in [0, 0.1) is 5.92 Å². The van der Waals surface area contributed by atoms with Gasteiger partial charge in [-0.3, -0.25) is 0 Å². The van der Waals surface area contributed by atoms with E-state index in [0.717, 1.165) is 19.3 Å². The fourth-order valence-corrected chi connectivity index (χ4v) is 1.65. The van der Waals surface area contributed by atoms with E-state index in [1.165, 1.54) is 19.3 Å². The lowest BCUT2D eigenvalue weighted by Gasteiger charge is -2.18. The molecule has 0 amide bonds. The van der Waals surface area contributed by atoms with Crippen molar-refractivity contribution in [3.8, 4) is 0 Å². The summed E-state index contributed by atoms with van der Waals surface area (Å²) in [7, 11) is 0. The molecule has 0 aromatic heterocycles. The highest BCUT2D eigenvalue weighted by molar-refractivity contribution is 4.64. The Bertz CT molecular complexity index is 169. The molecule has 1 atom stereocenters. The quantitative estimate of drug-likeness (QED) is 0.501. The van der Waals surface area contributed by atoms with Gasteiger partial charge >= 0.3 is 6.18 Å². The summed E-state index contributed by atoms with van der Waals surface area (Å²) in [6.07, 6.45) is 2.74. The Balaban J connectivity index is 3.38. The van der Waals surface area contributed by atoms with Crippen molar-refractivity contribution in [1.82, 2.24) is 0 Å². The van der Waals surface area contributed by atoms with Gasteiger partial charge in [0, 0.05) is 6.61 Å². The summed E-state index contributed by atoms with van der Waals surface area (Å²) < 4.78 is 42.2. The maximum atomic E-state index is 12.4. The molecule has 0 saturated heterocycles. The van der Waals surface area contributed by atoms with Gasteiger partial charge in [0.1, 0.15) is 0 Å². The molecule has 0 rings (SSSR count). The first kappa shape index (κ1) is 16.8. The molecule has 0 aliphatic rings. The van der Waals surface area contributed by atoms with Crippen molar-refractivity contribution in [2.24, 2.45) is 5.92 Å². The predicted molar refractivity (Wildman–Crippen MR) is 64.0 cm³/mol. The van der Waals surface area contributed by atoms with E-state index >= 15 is 0 Å². The van der Waals surface area contributed by atoms with Crippen LogP contribution in [0.1, 0.15) is 58.8 Å². The normalized spacial score (nSPS) is 13.9. The molecule has 1 unspecified atom stereocenters. The van der Waals surface area contributed by atoms with Crippen molar-refractivity contribution >= 4 is 0 Å². The van der Waals surface area contributed by atoms with Crippen LogP contribution in [0.15, 0.2) is 0 Å². The van der Waals surface area contributed by atoms with Gasteiger partial charge in [-0.25, -0.2) is 0 Å². The van der Waals surface area contributed by atoms with Crippen molar-refractivity contribution in [3.05, 3.63) is 0 Å². The third-order valence-electron chi connectivity index (χ3n) is 2.92. The average Bonchev–Trinajstić information content (AvgIpc) is 2.25. The Hall–Kier alpha value is -0.250. The molecule has 0 aromatic carbocycles. The Morgan fingerprint density at radius 2 is 1.53 bits per heavy atom. The summed E-state index contributed by atoms with van der Waals surface area (Å²) in [6.45, 7) is 3.98. The molecule has 0 aliphatic carbocycles. The molecule has 0 fully saturated rings. The zero-order valence-corrected chi connectivity index (χ0v) is 11.0. The second-order valence-corrected chi connectivity index (χ2v) is 4.49. The van der Waals surface area contributed by atoms with Crippen LogP contribution in [-0.4, -0.2) is 19.4 Å². The standard InChI is InChI=1S/C13H25F3O/c1-3-5-6-7-8-9-10-17-11-12(4-2)13(14,15)16/h12H,3-11H2,1-2H3. The number of hydrogen-bond acceptors (Lipinski definition) is 1. The maximum absolute atomic E-state index is 12.4. The van der Waals surface area contributed by atoms with E-state index < -0.39 is 12.1 Å². The molecule has 0 radical (unpaired) electrons. The molecule has 0 heterocycles. The van der Waals surface area contributed by atoms with Gasteiger partial charge in [0.15, 0.2) is 0 Å². The number of ether oxygens (including phenoxy) is 1. The van der Waals surface area contributed by atoms with Crippen LogP contribution in [0.2, 0.25) is 0 Å². The average molecular weight is 254 g/mol. The SMILES string of the molecule is CCCCCCCCOCC(CC)C(F)(F)F. The lowest BCUT2D eigenvalue weighted by molar-refractivity contribution is -0.189. The van der Waals surface area contributed by atoms with Gasteiger partial charge in [-0.1, -0.05) is 46.0 Å². The molecule has 1 nitrogen and oxygen atoms in total. The molecule has 0 aromatic rings. The van der Waals surface area contributed by atoms with E-state index in [1.807, 2.05) is 0 Å². The molecule has 0 spiro atoms. The fraction of sp³-hybridized carbons (Fsp3) is 1.00. The highest BCUT2D eigenvalue weighted by atomic mass is 19.4. The first-order chi connectivity index (χ1) is 8.02. The lowest BCUT2D eigenvalue weighted by atomic mass is 10.1. The second kappa shape index (κ2) is 9.75. The zero-order valence-electron chi connectivity index (χ0n) is 11.0. The van der Waals surface area contributed by atoms with E-state index in [9.17, 15) is 13.2 Å². The molecule has 4 heteroatoms. The molecule has 0 saturated carbocycles. The van der Waals surface area contributed by atoms with Gasteiger partial charge in [-0.2, -0.15) is 13.2 Å². The fourth-order valence-electron chi connectivity index (χ4n) is 1.65. The van der Waals surface area contributed by atoms with Crippen LogP contribution in [0.3, 0.4) is 0 Å². The minimum Gasteiger partial charge on any atom is -0.381 e. The number of halogens is 3. The number of hydrogen-bond donors (Lipinski definition) is 0. The molecule has 0 bridgehead atoms. The van der Waals surface area contributed by atoms with Gasteiger partial charge < -0.3 is 4.74 Å². The Labute approximate surface area is 103 Å². The summed E-state index contributed by atoms with van der Waals surface area (Å²) >= 11 is 0. The van der Waals surface area contributed by atoms with Crippen LogP contribution in [0.5, 0.6) is 0 Å². The zero-order chi connectivity index (χ0) is 13.1. The Morgan fingerprint density at radius 3 is 2.06 bits per heavy atom. The van der Waals surface area contributed by atoms with Crippen LogP contribution in [0.4, 0.5) is 13.2 Å². The Morgan fingerprint density at radius 1 is 0.941 bits per heavy atom. The third-order valence-corrected chi connectivity index (χ3v) is 2.92. The lowest BCUT2D eigenvalue weighted by Crippen LogP contribution is -2.27. The topological polar surface area (TPSA) is 9.23 Å². The summed E-state index contributed by atoms with van der Waals surface area (Å²) in [5.74, 6) is -1.30. The molecule has 104 valence electrons. The van der Waals surface area contributed by atoms with Crippen molar-refractivity contribution in [2.45, 2.75) is 65.0 Å². The molecule has 0 N–H and O–H groups in total. The predicted octanol–water partition coefficient (Wildman–Crippen LogP) is 4.95. The van der Waals surface area contributed by atoms with E-state index in [1.54, 1.807) is 6.92 Å². The van der Waals surface area contributed by atoms with E-state index in [2.05, 4.69) is 6.92 Å². The van der Waals surface area contributed by atoms with Gasteiger partial charge in [-0.15, -0.1) is 0 Å². The molecular formula is C13H25F3O. The van der Waals surface area contributed by atoms with Crippen LogP contribution in [0.25, 0.3) is 0 Å².